The van der Waals surface area contributed by atoms with Crippen LogP contribution >= 0.6 is 0 Å². The van der Waals surface area contributed by atoms with E-state index in [2.05, 4.69) is 28.5 Å². The number of likely N-dealkylation sites (tertiary alicyclic amines) is 1. The van der Waals surface area contributed by atoms with Gasteiger partial charge in [-0.25, -0.2) is 4.68 Å². The molecule has 1 aliphatic carbocycles. The van der Waals surface area contributed by atoms with Gasteiger partial charge in [0.2, 0.25) is 5.91 Å². The molecule has 1 N–H and O–H groups in total. The van der Waals surface area contributed by atoms with E-state index in [-0.39, 0.29) is 30.7 Å². The average molecular weight is 520 g/mol. The smallest absolute Gasteiger partial charge is 0.304 e. The van der Waals surface area contributed by atoms with Gasteiger partial charge in [0.15, 0.2) is 0 Å². The second-order valence-electron chi connectivity index (χ2n) is 10.7. The molecule has 3 aromatic carbocycles. The van der Waals surface area contributed by atoms with Gasteiger partial charge >= 0.3 is 5.97 Å². The third-order valence-corrected chi connectivity index (χ3v) is 8.53. The van der Waals surface area contributed by atoms with E-state index < -0.39 is 5.97 Å². The number of nitriles is 1. The first-order chi connectivity index (χ1) is 18.9. The van der Waals surface area contributed by atoms with Gasteiger partial charge in [-0.05, 0) is 71.2 Å². The number of nitrogens with zero attached hydrogens (tertiary/aromatic N) is 5. The summed E-state index contributed by atoms with van der Waals surface area (Å²) in [5.41, 5.74) is 8.07. The van der Waals surface area contributed by atoms with Gasteiger partial charge in [0.1, 0.15) is 5.52 Å². The zero-order valence-corrected chi connectivity index (χ0v) is 22.0. The molecule has 1 aromatic heterocycles. The lowest BCUT2D eigenvalue weighted by atomic mass is 9.84. The van der Waals surface area contributed by atoms with Gasteiger partial charge in [-0.15, -0.1) is 5.10 Å². The highest BCUT2D eigenvalue weighted by molar-refractivity contribution is 5.81. The Kier molecular flexibility index (Phi) is 6.15. The number of hydrogen-bond acceptors (Lipinski definition) is 5. The van der Waals surface area contributed by atoms with E-state index in [4.69, 9.17) is 0 Å². The van der Waals surface area contributed by atoms with Crippen LogP contribution in [-0.2, 0) is 29.5 Å². The molecule has 196 valence electrons. The standard InChI is InChI=1S/C31H29N5O3/c1-18-24(9-10-27-30(18)33-34-35(27)2)25(16-29(38)39)21-8-7-20-13-22-11-12-36(31(22)26(20)14-21)28(37)15-19-5-3-4-6-23(19)17-32/h3-10,14,22,25,31H,11-13,15-16H2,1-2H3,(H,38,39). The van der Waals surface area contributed by atoms with Gasteiger partial charge in [-0.2, -0.15) is 5.26 Å². The number of aliphatic carboxylic acids is 1. The predicted molar refractivity (Wildman–Crippen MR) is 145 cm³/mol. The van der Waals surface area contributed by atoms with E-state index in [1.54, 1.807) is 10.7 Å². The van der Waals surface area contributed by atoms with Crippen molar-refractivity contribution in [1.29, 1.82) is 5.26 Å². The molecular formula is C31H29N5O3. The summed E-state index contributed by atoms with van der Waals surface area (Å²) in [6, 6.07) is 19.6. The Morgan fingerprint density at radius 2 is 2.00 bits per heavy atom. The molecule has 8 heteroatoms. The molecule has 3 atom stereocenters. The molecular weight excluding hydrogens is 490 g/mol. The van der Waals surface area contributed by atoms with E-state index in [9.17, 15) is 20.0 Å². The SMILES string of the molecule is Cc1c(C(CC(=O)O)c2ccc3c(c2)C2C(CCN2C(=O)Cc2ccccc2C#N)C3)ccc2c1nnn2C. The zero-order chi connectivity index (χ0) is 27.3. The molecule has 0 saturated carbocycles. The summed E-state index contributed by atoms with van der Waals surface area (Å²) >= 11 is 0. The summed E-state index contributed by atoms with van der Waals surface area (Å²) in [6.07, 6.45) is 1.99. The maximum absolute atomic E-state index is 13.5. The number of rotatable bonds is 6. The van der Waals surface area contributed by atoms with Crippen LogP contribution in [0.15, 0.2) is 54.6 Å². The number of benzene rings is 3. The largest absolute Gasteiger partial charge is 0.481 e. The van der Waals surface area contributed by atoms with Gasteiger partial charge < -0.3 is 10.0 Å². The summed E-state index contributed by atoms with van der Waals surface area (Å²) in [5.74, 6) is -0.854. The molecule has 39 heavy (non-hydrogen) atoms. The first-order valence-corrected chi connectivity index (χ1v) is 13.3. The molecule has 1 amide bonds. The fourth-order valence-electron chi connectivity index (χ4n) is 6.60. The predicted octanol–water partition coefficient (Wildman–Crippen LogP) is 4.44. The highest BCUT2D eigenvalue weighted by atomic mass is 16.4. The molecule has 1 fully saturated rings. The van der Waals surface area contributed by atoms with Crippen LogP contribution < -0.4 is 0 Å². The topological polar surface area (TPSA) is 112 Å². The van der Waals surface area contributed by atoms with Crippen molar-refractivity contribution in [2.75, 3.05) is 6.54 Å². The molecule has 0 radical (unpaired) electrons. The third-order valence-electron chi connectivity index (χ3n) is 8.53. The minimum atomic E-state index is -0.870. The minimum absolute atomic E-state index is 0.0227. The van der Waals surface area contributed by atoms with Crippen molar-refractivity contribution in [3.8, 4) is 6.07 Å². The molecule has 3 unspecified atom stereocenters. The summed E-state index contributed by atoms with van der Waals surface area (Å²) in [5, 5.41) is 27.8. The van der Waals surface area contributed by atoms with Crippen LogP contribution in [0.2, 0.25) is 0 Å². The van der Waals surface area contributed by atoms with Crippen molar-refractivity contribution < 1.29 is 14.7 Å². The number of fused-ring (bicyclic) bond motifs is 4. The molecule has 6 rings (SSSR count). The lowest BCUT2D eigenvalue weighted by molar-refractivity contribution is -0.137. The van der Waals surface area contributed by atoms with E-state index in [1.165, 1.54) is 5.56 Å². The van der Waals surface area contributed by atoms with E-state index in [0.29, 0.717) is 18.0 Å². The maximum atomic E-state index is 13.5. The number of carbonyl (C=O) groups is 2. The summed E-state index contributed by atoms with van der Waals surface area (Å²) in [6.45, 7) is 2.66. The number of hydrogen-bond donors (Lipinski definition) is 1. The number of carboxylic acids is 1. The van der Waals surface area contributed by atoms with Crippen molar-refractivity contribution in [2.24, 2.45) is 13.0 Å². The average Bonchev–Trinajstić information content (AvgIpc) is 3.61. The molecule has 1 aliphatic heterocycles. The highest BCUT2D eigenvalue weighted by Crippen LogP contribution is 2.48. The molecule has 8 nitrogen and oxygen atoms in total. The Morgan fingerprint density at radius 3 is 2.79 bits per heavy atom. The highest BCUT2D eigenvalue weighted by Gasteiger charge is 2.43. The van der Waals surface area contributed by atoms with Gasteiger partial charge in [0, 0.05) is 19.5 Å². The molecule has 2 heterocycles. The fourth-order valence-corrected chi connectivity index (χ4v) is 6.60. The number of aromatic nitrogens is 3. The first kappa shape index (κ1) is 24.8. The van der Waals surface area contributed by atoms with Crippen LogP contribution in [0.1, 0.15) is 63.7 Å². The van der Waals surface area contributed by atoms with Crippen LogP contribution in [0.4, 0.5) is 0 Å². The van der Waals surface area contributed by atoms with Crippen LogP contribution in [-0.4, -0.2) is 43.4 Å². The maximum Gasteiger partial charge on any atom is 0.304 e. The van der Waals surface area contributed by atoms with Crippen LogP contribution in [0, 0.1) is 24.2 Å². The Labute approximate surface area is 226 Å². The summed E-state index contributed by atoms with van der Waals surface area (Å²) in [4.78, 5) is 27.5. The molecule has 0 bridgehead atoms. The van der Waals surface area contributed by atoms with Crippen molar-refractivity contribution in [3.63, 3.8) is 0 Å². The molecule has 1 saturated heterocycles. The van der Waals surface area contributed by atoms with Gasteiger partial charge in [-0.1, -0.05) is 47.7 Å². The van der Waals surface area contributed by atoms with Gasteiger partial charge in [-0.3, -0.25) is 9.59 Å². The second kappa shape index (κ2) is 9.66. The quantitative estimate of drug-likeness (QED) is 0.403. The normalized spacial score (nSPS) is 18.5. The van der Waals surface area contributed by atoms with Crippen molar-refractivity contribution in [1.82, 2.24) is 19.9 Å². The first-order valence-electron chi connectivity index (χ1n) is 13.3. The van der Waals surface area contributed by atoms with Crippen molar-refractivity contribution in [3.05, 3.63) is 93.5 Å². The van der Waals surface area contributed by atoms with E-state index in [1.807, 2.05) is 55.3 Å². The summed E-state index contributed by atoms with van der Waals surface area (Å²) < 4.78 is 1.72. The Balaban J connectivity index is 1.35. The molecule has 4 aromatic rings. The van der Waals surface area contributed by atoms with Crippen molar-refractivity contribution >= 4 is 22.9 Å². The number of amides is 1. The zero-order valence-electron chi connectivity index (χ0n) is 22.0. The van der Waals surface area contributed by atoms with Crippen LogP contribution in [0.5, 0.6) is 0 Å². The van der Waals surface area contributed by atoms with E-state index in [0.717, 1.165) is 51.7 Å². The molecule has 2 aliphatic rings. The number of aryl methyl sites for hydroxylation is 2. The lowest BCUT2D eigenvalue weighted by Crippen LogP contribution is -2.32. The monoisotopic (exact) mass is 519 g/mol. The number of carboxylic acid groups (broad SMARTS) is 1. The Morgan fingerprint density at radius 1 is 1.18 bits per heavy atom. The van der Waals surface area contributed by atoms with Crippen LogP contribution in [0.3, 0.4) is 0 Å². The second-order valence-corrected chi connectivity index (χ2v) is 10.7. The van der Waals surface area contributed by atoms with Gasteiger partial charge in [0.05, 0.1) is 36.0 Å². The Bertz CT molecular complexity index is 1670. The Hall–Kier alpha value is -4.51. The van der Waals surface area contributed by atoms with Crippen molar-refractivity contribution in [2.45, 2.75) is 44.6 Å². The van der Waals surface area contributed by atoms with Crippen LogP contribution in [0.25, 0.3) is 11.0 Å². The summed E-state index contributed by atoms with van der Waals surface area (Å²) in [7, 11) is 1.84. The van der Waals surface area contributed by atoms with Gasteiger partial charge in [0.25, 0.3) is 0 Å². The minimum Gasteiger partial charge on any atom is -0.481 e. The molecule has 0 spiro atoms. The fraction of sp³-hybridized carbons (Fsp3) is 0.323. The number of carbonyl (C=O) groups excluding carboxylic acids is 1. The lowest BCUT2D eigenvalue weighted by Gasteiger charge is -2.27. The third kappa shape index (κ3) is 4.24. The van der Waals surface area contributed by atoms with E-state index >= 15 is 0 Å².